The van der Waals surface area contributed by atoms with Crippen molar-refractivity contribution < 1.29 is 4.74 Å². The molecule has 0 saturated heterocycles. The molecule has 0 aliphatic rings. The summed E-state index contributed by atoms with van der Waals surface area (Å²) in [5.41, 5.74) is 2.81. The van der Waals surface area contributed by atoms with E-state index in [2.05, 4.69) is 15.3 Å². The monoisotopic (exact) mass is 265 g/mol. The second kappa shape index (κ2) is 5.42. The summed E-state index contributed by atoms with van der Waals surface area (Å²) in [7, 11) is 3.53. The van der Waals surface area contributed by atoms with Gasteiger partial charge in [0.2, 0.25) is 0 Å². The van der Waals surface area contributed by atoms with Crippen LogP contribution >= 0.6 is 11.6 Å². The summed E-state index contributed by atoms with van der Waals surface area (Å²) < 4.78 is 5.38. The Balaban J connectivity index is 2.45. The molecule has 1 aromatic heterocycles. The highest BCUT2D eigenvalue weighted by Crippen LogP contribution is 2.33. The number of aromatic amines is 1. The van der Waals surface area contributed by atoms with Gasteiger partial charge in [0.1, 0.15) is 11.6 Å². The molecule has 0 amide bonds. The lowest BCUT2D eigenvalue weighted by Gasteiger charge is -2.09. The Morgan fingerprint density at radius 2 is 2.22 bits per heavy atom. The summed E-state index contributed by atoms with van der Waals surface area (Å²) in [6, 6.07) is 3.82. The fourth-order valence-corrected chi connectivity index (χ4v) is 1.95. The van der Waals surface area contributed by atoms with E-state index in [1.807, 2.05) is 26.1 Å². The lowest BCUT2D eigenvalue weighted by atomic mass is 10.1. The maximum absolute atomic E-state index is 6.16. The Hall–Kier alpha value is -1.52. The number of rotatable bonds is 4. The van der Waals surface area contributed by atoms with Crippen LogP contribution in [0.4, 0.5) is 0 Å². The van der Waals surface area contributed by atoms with Gasteiger partial charge >= 0.3 is 0 Å². The molecule has 2 rings (SSSR count). The van der Waals surface area contributed by atoms with E-state index in [9.17, 15) is 0 Å². The molecule has 2 N–H and O–H groups in total. The number of imidazole rings is 1. The van der Waals surface area contributed by atoms with E-state index < -0.39 is 0 Å². The maximum Gasteiger partial charge on any atom is 0.128 e. The van der Waals surface area contributed by atoms with Crippen molar-refractivity contribution in [3.63, 3.8) is 0 Å². The van der Waals surface area contributed by atoms with Gasteiger partial charge in [0.15, 0.2) is 0 Å². The van der Waals surface area contributed by atoms with Gasteiger partial charge in [0.05, 0.1) is 25.5 Å². The quantitative estimate of drug-likeness (QED) is 0.894. The molecule has 0 aliphatic carbocycles. The number of aryl methyl sites for hydroxylation is 1. The Labute approximate surface area is 111 Å². The van der Waals surface area contributed by atoms with Crippen molar-refractivity contribution in [2.75, 3.05) is 14.2 Å². The normalized spacial score (nSPS) is 10.7. The SMILES string of the molecule is CNCc1ncc(-c2cc(Cl)c(C)cc2OC)[nH]1. The van der Waals surface area contributed by atoms with Crippen molar-refractivity contribution in [2.24, 2.45) is 0 Å². The average Bonchev–Trinajstić information content (AvgIpc) is 2.81. The summed E-state index contributed by atoms with van der Waals surface area (Å²) in [5.74, 6) is 1.67. The number of aromatic nitrogens is 2. The van der Waals surface area contributed by atoms with Gasteiger partial charge in [-0.25, -0.2) is 4.98 Å². The number of methoxy groups -OCH3 is 1. The molecule has 18 heavy (non-hydrogen) atoms. The van der Waals surface area contributed by atoms with Gasteiger partial charge in [-0.1, -0.05) is 11.6 Å². The number of nitrogens with zero attached hydrogens (tertiary/aromatic N) is 1. The van der Waals surface area contributed by atoms with Gasteiger partial charge < -0.3 is 15.0 Å². The second-order valence-corrected chi connectivity index (χ2v) is 4.48. The van der Waals surface area contributed by atoms with Gasteiger partial charge in [0.25, 0.3) is 0 Å². The molecular formula is C13H16ClN3O. The number of halogens is 1. The summed E-state index contributed by atoms with van der Waals surface area (Å²) in [6.45, 7) is 2.65. The maximum atomic E-state index is 6.16. The molecule has 0 aliphatic heterocycles. The smallest absolute Gasteiger partial charge is 0.128 e. The lowest BCUT2D eigenvalue weighted by molar-refractivity contribution is 0.416. The highest BCUT2D eigenvalue weighted by atomic mass is 35.5. The van der Waals surface area contributed by atoms with E-state index in [1.165, 1.54) is 0 Å². The number of hydrogen-bond donors (Lipinski definition) is 2. The zero-order valence-electron chi connectivity index (χ0n) is 10.7. The van der Waals surface area contributed by atoms with Gasteiger partial charge in [-0.15, -0.1) is 0 Å². The van der Waals surface area contributed by atoms with Crippen LogP contribution in [-0.2, 0) is 6.54 Å². The fourth-order valence-electron chi connectivity index (χ4n) is 1.79. The first-order chi connectivity index (χ1) is 8.65. The van der Waals surface area contributed by atoms with E-state index in [-0.39, 0.29) is 0 Å². The van der Waals surface area contributed by atoms with Crippen molar-refractivity contribution in [1.29, 1.82) is 0 Å². The minimum atomic E-state index is 0.696. The van der Waals surface area contributed by atoms with Gasteiger partial charge in [-0.3, -0.25) is 0 Å². The molecule has 0 unspecified atom stereocenters. The molecule has 2 aromatic rings. The average molecular weight is 266 g/mol. The predicted octanol–water partition coefficient (Wildman–Crippen LogP) is 2.77. The van der Waals surface area contributed by atoms with E-state index in [0.29, 0.717) is 6.54 Å². The van der Waals surface area contributed by atoms with Crippen molar-refractivity contribution in [2.45, 2.75) is 13.5 Å². The van der Waals surface area contributed by atoms with Crippen molar-refractivity contribution in [3.05, 3.63) is 34.7 Å². The largest absolute Gasteiger partial charge is 0.496 e. The molecule has 0 spiro atoms. The van der Waals surface area contributed by atoms with Crippen LogP contribution in [0, 0.1) is 6.92 Å². The number of ether oxygens (including phenoxy) is 1. The molecule has 96 valence electrons. The minimum absolute atomic E-state index is 0.696. The summed E-state index contributed by atoms with van der Waals surface area (Å²) >= 11 is 6.16. The van der Waals surface area contributed by atoms with Gasteiger partial charge in [-0.2, -0.15) is 0 Å². The molecule has 0 fully saturated rings. The van der Waals surface area contributed by atoms with E-state index in [1.54, 1.807) is 13.3 Å². The van der Waals surface area contributed by atoms with Gasteiger partial charge in [-0.05, 0) is 31.7 Å². The zero-order chi connectivity index (χ0) is 13.1. The molecule has 1 aromatic carbocycles. The summed E-state index contributed by atoms with van der Waals surface area (Å²) in [6.07, 6.45) is 1.79. The standard InChI is InChI=1S/C13H16ClN3O/c1-8-4-12(18-3)9(5-10(8)14)11-6-16-13(17-11)7-15-2/h4-6,15H,7H2,1-3H3,(H,16,17). The Morgan fingerprint density at radius 1 is 1.44 bits per heavy atom. The first-order valence-corrected chi connectivity index (χ1v) is 6.06. The third kappa shape index (κ3) is 2.49. The van der Waals surface area contributed by atoms with Crippen molar-refractivity contribution in [3.8, 4) is 17.0 Å². The number of benzene rings is 1. The molecule has 0 radical (unpaired) electrons. The van der Waals surface area contributed by atoms with E-state index in [0.717, 1.165) is 33.4 Å². The number of H-pyrrole nitrogens is 1. The van der Waals surface area contributed by atoms with Crippen LogP contribution in [0.1, 0.15) is 11.4 Å². The van der Waals surface area contributed by atoms with Crippen LogP contribution in [0.3, 0.4) is 0 Å². The topological polar surface area (TPSA) is 49.9 Å². The predicted molar refractivity (Wildman–Crippen MR) is 73.1 cm³/mol. The first-order valence-electron chi connectivity index (χ1n) is 5.68. The van der Waals surface area contributed by atoms with E-state index in [4.69, 9.17) is 16.3 Å². The number of nitrogens with one attached hydrogen (secondary N) is 2. The van der Waals surface area contributed by atoms with Crippen molar-refractivity contribution in [1.82, 2.24) is 15.3 Å². The van der Waals surface area contributed by atoms with Crippen LogP contribution in [0.2, 0.25) is 5.02 Å². The first kappa shape index (κ1) is 12.9. The second-order valence-electron chi connectivity index (χ2n) is 4.08. The van der Waals surface area contributed by atoms with Crippen LogP contribution in [-0.4, -0.2) is 24.1 Å². The zero-order valence-corrected chi connectivity index (χ0v) is 11.4. The molecular weight excluding hydrogens is 250 g/mol. The molecule has 4 nitrogen and oxygen atoms in total. The highest BCUT2D eigenvalue weighted by Gasteiger charge is 2.11. The summed E-state index contributed by atoms with van der Waals surface area (Å²) in [4.78, 5) is 7.53. The van der Waals surface area contributed by atoms with Crippen molar-refractivity contribution >= 4 is 11.6 Å². The molecule has 0 atom stereocenters. The third-order valence-corrected chi connectivity index (χ3v) is 3.15. The van der Waals surface area contributed by atoms with Crippen LogP contribution in [0.15, 0.2) is 18.3 Å². The lowest BCUT2D eigenvalue weighted by Crippen LogP contribution is -2.06. The molecule has 0 bridgehead atoms. The number of hydrogen-bond acceptors (Lipinski definition) is 3. The van der Waals surface area contributed by atoms with E-state index >= 15 is 0 Å². The Morgan fingerprint density at radius 3 is 2.89 bits per heavy atom. The van der Waals surface area contributed by atoms with Crippen LogP contribution < -0.4 is 10.1 Å². The minimum Gasteiger partial charge on any atom is -0.496 e. The third-order valence-electron chi connectivity index (χ3n) is 2.74. The van der Waals surface area contributed by atoms with Crippen LogP contribution in [0.25, 0.3) is 11.3 Å². The Bertz CT molecular complexity index is 551. The fraction of sp³-hybridized carbons (Fsp3) is 0.308. The van der Waals surface area contributed by atoms with Gasteiger partial charge in [0, 0.05) is 10.6 Å². The highest BCUT2D eigenvalue weighted by molar-refractivity contribution is 6.31. The molecule has 5 heteroatoms. The molecule has 0 saturated carbocycles. The Kier molecular flexibility index (Phi) is 3.89. The van der Waals surface area contributed by atoms with Crippen LogP contribution in [0.5, 0.6) is 5.75 Å². The molecule has 1 heterocycles. The summed E-state index contributed by atoms with van der Waals surface area (Å²) in [5, 5.41) is 3.76.